The number of hydrogen-bond donors (Lipinski definition) is 12. The Morgan fingerprint density at radius 2 is 0.877 bits per heavy atom. The summed E-state index contributed by atoms with van der Waals surface area (Å²) in [6.07, 6.45) is 26.5. The summed E-state index contributed by atoms with van der Waals surface area (Å²) >= 11 is 0. The average Bonchev–Trinajstić information content (AvgIpc) is 3.55. The molecule has 3 saturated heterocycles. The molecule has 0 radical (unpaired) electrons. The van der Waals surface area contributed by atoms with Crippen LogP contribution in [0, 0.1) is 0 Å². The van der Waals surface area contributed by atoms with Gasteiger partial charge < -0.3 is 89.9 Å². The van der Waals surface area contributed by atoms with Crippen LogP contribution in [0.25, 0.3) is 0 Å². The molecule has 3 fully saturated rings. The molecule has 3 aliphatic rings. The summed E-state index contributed by atoms with van der Waals surface area (Å²) in [7, 11) is 0. The summed E-state index contributed by atoms with van der Waals surface area (Å²) in [6.45, 7) is 1.42. The highest BCUT2D eigenvalue weighted by Crippen LogP contribution is 2.33. The van der Waals surface area contributed by atoms with E-state index >= 15 is 0 Å². The fraction of sp³-hybridized carbons (Fsp3) is 0.790. The van der Waals surface area contributed by atoms with E-state index in [-0.39, 0.29) is 18.9 Å². The molecule has 1 amide bonds. The van der Waals surface area contributed by atoms with E-state index in [4.69, 9.17) is 28.4 Å². The molecule has 0 spiro atoms. The highest BCUT2D eigenvalue weighted by molar-refractivity contribution is 5.76. The number of allylic oxidation sites excluding steroid dienone is 11. The van der Waals surface area contributed by atoms with Crippen molar-refractivity contribution in [2.24, 2.45) is 0 Å². The summed E-state index contributed by atoms with van der Waals surface area (Å²) in [4.78, 5) is 13.3. The lowest BCUT2D eigenvalue weighted by Crippen LogP contribution is -2.66. The van der Waals surface area contributed by atoms with E-state index in [2.05, 4.69) is 66.9 Å². The van der Waals surface area contributed by atoms with E-state index in [1.54, 1.807) is 12.2 Å². The van der Waals surface area contributed by atoms with Crippen molar-refractivity contribution in [1.82, 2.24) is 5.32 Å². The van der Waals surface area contributed by atoms with Gasteiger partial charge in [-0.1, -0.05) is 170 Å². The first kappa shape index (κ1) is 72.5. The van der Waals surface area contributed by atoms with Crippen molar-refractivity contribution in [1.29, 1.82) is 0 Å². The Kier molecular flexibility index (Phi) is 40.0. The molecule has 0 saturated carbocycles. The maximum Gasteiger partial charge on any atom is 0.220 e. The number of amides is 1. The molecule has 17 atom stereocenters. The third-order valence-electron chi connectivity index (χ3n) is 15.0. The van der Waals surface area contributed by atoms with E-state index in [0.717, 1.165) is 64.2 Å². The first-order valence-electron chi connectivity index (χ1n) is 30.7. The average molecular weight is 1150 g/mol. The van der Waals surface area contributed by atoms with Crippen LogP contribution < -0.4 is 5.32 Å². The zero-order valence-corrected chi connectivity index (χ0v) is 48.7. The van der Waals surface area contributed by atoms with Crippen molar-refractivity contribution in [3.05, 3.63) is 72.9 Å². The van der Waals surface area contributed by atoms with Crippen LogP contribution in [-0.2, 0) is 33.2 Å². The molecule has 3 aliphatic heterocycles. The number of aliphatic hydroxyl groups is 11. The molecule has 468 valence electrons. The Labute approximate surface area is 483 Å². The Bertz CT molecular complexity index is 1760. The van der Waals surface area contributed by atoms with Gasteiger partial charge in [0.25, 0.3) is 0 Å². The molecule has 12 N–H and O–H groups in total. The first-order chi connectivity index (χ1) is 39.3. The second kappa shape index (κ2) is 44.7. The second-order valence-electron chi connectivity index (χ2n) is 21.8. The standard InChI is InChI=1S/C62H107NO18/c1-3-5-7-9-11-13-14-15-16-17-18-19-20-21-22-23-24-25-26-27-28-29-30-32-34-36-38-40-50(68)63-45(46(67)39-37-35-33-31-12-10-8-6-4-2)44-76-60-56(74)53(71)58(48(42-65)78-60)81-62-57(75)54(72)59(49(43-66)79-62)80-61-55(73)52(70)51(69)47(41-64)77-61/h4,6,12,14-15,17-18,20-21,31,37,39,45-49,51-62,64-67,69-75H,3,5,7-11,13,16,19,22-30,32-36,38,40-44H2,1-2H3,(H,63,68)/b6-4+,15-14-,18-17-,21-20-,31-12+,39-37+. The predicted molar refractivity (Wildman–Crippen MR) is 309 cm³/mol. The lowest BCUT2D eigenvalue weighted by molar-refractivity contribution is -0.379. The van der Waals surface area contributed by atoms with Gasteiger partial charge in [-0.2, -0.15) is 0 Å². The lowest BCUT2D eigenvalue weighted by Gasteiger charge is -2.48. The van der Waals surface area contributed by atoms with Crippen LogP contribution in [0.4, 0.5) is 0 Å². The van der Waals surface area contributed by atoms with Gasteiger partial charge in [0.15, 0.2) is 18.9 Å². The van der Waals surface area contributed by atoms with Crippen molar-refractivity contribution in [3.63, 3.8) is 0 Å². The van der Waals surface area contributed by atoms with Crippen LogP contribution in [0.1, 0.15) is 181 Å². The Balaban J connectivity index is 1.41. The molecule has 0 aromatic carbocycles. The van der Waals surface area contributed by atoms with Gasteiger partial charge in [-0.05, 0) is 77.6 Å². The molecule has 3 heterocycles. The van der Waals surface area contributed by atoms with Crippen molar-refractivity contribution in [3.8, 4) is 0 Å². The maximum absolute atomic E-state index is 13.3. The SMILES string of the molecule is C/C=C/CC/C=C/CC/C=C/C(O)C(COC1OC(CO)C(OC2OC(CO)C(OC3OC(CO)C(O)C(O)C3O)C(O)C2O)C(O)C1O)NC(=O)CCCCCCCCCCCCCC/C=C\C/C=C\C/C=C\CCCCCCC. The van der Waals surface area contributed by atoms with Crippen molar-refractivity contribution in [2.75, 3.05) is 26.4 Å². The molecule has 19 heteroatoms. The highest BCUT2D eigenvalue weighted by Gasteiger charge is 2.53. The fourth-order valence-electron chi connectivity index (χ4n) is 10.0. The number of carbonyl (C=O) groups is 1. The van der Waals surface area contributed by atoms with Crippen LogP contribution in [0.5, 0.6) is 0 Å². The van der Waals surface area contributed by atoms with Gasteiger partial charge in [0.1, 0.15) is 73.2 Å². The number of carbonyl (C=O) groups excluding carboxylic acids is 1. The topological polar surface area (TPSA) is 307 Å². The predicted octanol–water partition coefficient (Wildman–Crippen LogP) is 5.82. The summed E-state index contributed by atoms with van der Waals surface area (Å²) < 4.78 is 34.1. The van der Waals surface area contributed by atoms with Crippen molar-refractivity contribution in [2.45, 2.75) is 285 Å². The van der Waals surface area contributed by atoms with Gasteiger partial charge in [0, 0.05) is 6.42 Å². The summed E-state index contributed by atoms with van der Waals surface area (Å²) in [5.74, 6) is -0.298. The molecule has 0 aromatic rings. The van der Waals surface area contributed by atoms with Crippen molar-refractivity contribution >= 4 is 5.91 Å². The zero-order valence-electron chi connectivity index (χ0n) is 48.7. The van der Waals surface area contributed by atoms with Gasteiger partial charge in [-0.15, -0.1) is 0 Å². The Hall–Kier alpha value is -2.77. The van der Waals surface area contributed by atoms with E-state index in [9.17, 15) is 61.0 Å². The normalized spacial score (nSPS) is 30.3. The zero-order chi connectivity index (χ0) is 59.0. The monoisotopic (exact) mass is 1150 g/mol. The van der Waals surface area contributed by atoms with Gasteiger partial charge in [0.05, 0.1) is 38.6 Å². The van der Waals surface area contributed by atoms with E-state index < -0.39 is 124 Å². The molecular formula is C62H107NO18. The summed E-state index contributed by atoms with van der Waals surface area (Å²) in [5, 5.41) is 120. The maximum atomic E-state index is 13.3. The summed E-state index contributed by atoms with van der Waals surface area (Å²) in [6, 6.07) is -0.998. The van der Waals surface area contributed by atoms with E-state index in [1.807, 2.05) is 13.0 Å². The second-order valence-corrected chi connectivity index (χ2v) is 21.8. The molecular weight excluding hydrogens is 1050 g/mol. The number of rotatable bonds is 44. The van der Waals surface area contributed by atoms with E-state index in [0.29, 0.717) is 12.8 Å². The number of ether oxygens (including phenoxy) is 6. The molecule has 3 rings (SSSR count). The number of nitrogens with one attached hydrogen (secondary N) is 1. The largest absolute Gasteiger partial charge is 0.394 e. The van der Waals surface area contributed by atoms with Gasteiger partial charge >= 0.3 is 0 Å². The minimum atomic E-state index is -1.98. The Morgan fingerprint density at radius 1 is 0.469 bits per heavy atom. The first-order valence-corrected chi connectivity index (χ1v) is 30.7. The molecule has 0 aliphatic carbocycles. The third kappa shape index (κ3) is 28.3. The highest BCUT2D eigenvalue weighted by atomic mass is 16.8. The van der Waals surface area contributed by atoms with Crippen LogP contribution in [-0.4, -0.2) is 193 Å². The summed E-state index contributed by atoms with van der Waals surface area (Å²) in [5.41, 5.74) is 0. The smallest absolute Gasteiger partial charge is 0.220 e. The van der Waals surface area contributed by atoms with Crippen LogP contribution >= 0.6 is 0 Å². The quantitative estimate of drug-likeness (QED) is 0.0253. The fourth-order valence-corrected chi connectivity index (χ4v) is 10.0. The molecule has 19 nitrogen and oxygen atoms in total. The van der Waals surface area contributed by atoms with Crippen molar-refractivity contribution < 1.29 is 89.4 Å². The number of hydrogen-bond acceptors (Lipinski definition) is 18. The van der Waals surface area contributed by atoms with E-state index in [1.165, 1.54) is 83.5 Å². The number of aliphatic hydroxyl groups excluding tert-OH is 11. The lowest BCUT2D eigenvalue weighted by atomic mass is 9.96. The molecule has 17 unspecified atom stereocenters. The minimum absolute atomic E-state index is 0.226. The minimum Gasteiger partial charge on any atom is -0.394 e. The molecule has 0 bridgehead atoms. The van der Waals surface area contributed by atoms with Gasteiger partial charge in [-0.25, -0.2) is 0 Å². The van der Waals surface area contributed by atoms with Gasteiger partial charge in [0.2, 0.25) is 5.91 Å². The Morgan fingerprint density at radius 3 is 1.38 bits per heavy atom. The van der Waals surface area contributed by atoms with Gasteiger partial charge in [-0.3, -0.25) is 4.79 Å². The molecule has 0 aromatic heterocycles. The van der Waals surface area contributed by atoms with Crippen LogP contribution in [0.3, 0.4) is 0 Å². The van der Waals surface area contributed by atoms with Crippen LogP contribution in [0.15, 0.2) is 72.9 Å². The van der Waals surface area contributed by atoms with Crippen LogP contribution in [0.2, 0.25) is 0 Å². The number of unbranched alkanes of at least 4 members (excludes halogenated alkanes) is 19. The molecule has 81 heavy (non-hydrogen) atoms. The third-order valence-corrected chi connectivity index (χ3v) is 15.0.